The molecule has 0 amide bonds. The Morgan fingerprint density at radius 1 is 1.55 bits per heavy atom. The van der Waals surface area contributed by atoms with Crippen LogP contribution in [0.15, 0.2) is 29.6 Å². The molecule has 1 N–H and O–H groups in total. The highest BCUT2D eigenvalue weighted by molar-refractivity contribution is 7.99. The van der Waals surface area contributed by atoms with Gasteiger partial charge in [0.25, 0.3) is 0 Å². The zero-order chi connectivity index (χ0) is 14.1. The standard InChI is InChI=1S/C14H15FN2O2S/c1-17-11(7-18)6-16-14(17)20-8-12-5-9-4-10(15)2-3-13(9)19-12/h2-4,6,12,18H,5,7-8H2,1H3. The van der Waals surface area contributed by atoms with Gasteiger partial charge in [0.05, 0.1) is 18.5 Å². The van der Waals surface area contributed by atoms with Crippen LogP contribution in [-0.4, -0.2) is 26.5 Å². The van der Waals surface area contributed by atoms with Crippen molar-refractivity contribution in [3.63, 3.8) is 0 Å². The summed E-state index contributed by atoms with van der Waals surface area (Å²) in [6, 6.07) is 4.63. The van der Waals surface area contributed by atoms with E-state index in [1.54, 1.807) is 24.0 Å². The first kappa shape index (κ1) is 13.5. The van der Waals surface area contributed by atoms with E-state index in [2.05, 4.69) is 4.98 Å². The molecule has 0 aliphatic carbocycles. The molecule has 1 unspecified atom stereocenters. The van der Waals surface area contributed by atoms with Gasteiger partial charge in [-0.05, 0) is 18.2 Å². The van der Waals surface area contributed by atoms with E-state index < -0.39 is 0 Å². The molecule has 0 radical (unpaired) electrons. The van der Waals surface area contributed by atoms with Gasteiger partial charge in [-0.3, -0.25) is 0 Å². The molecule has 0 fully saturated rings. The van der Waals surface area contributed by atoms with Crippen LogP contribution in [0.2, 0.25) is 0 Å². The number of ether oxygens (including phenoxy) is 1. The van der Waals surface area contributed by atoms with Crippen molar-refractivity contribution >= 4 is 11.8 Å². The molecule has 1 aromatic heterocycles. The van der Waals surface area contributed by atoms with Crippen LogP contribution in [0.1, 0.15) is 11.3 Å². The third-order valence-corrected chi connectivity index (χ3v) is 4.54. The van der Waals surface area contributed by atoms with Crippen molar-refractivity contribution in [2.75, 3.05) is 5.75 Å². The number of halogens is 1. The third-order valence-electron chi connectivity index (χ3n) is 3.37. The summed E-state index contributed by atoms with van der Waals surface area (Å²) >= 11 is 1.58. The second kappa shape index (κ2) is 5.46. The highest BCUT2D eigenvalue weighted by Gasteiger charge is 2.24. The van der Waals surface area contributed by atoms with E-state index in [1.165, 1.54) is 12.1 Å². The monoisotopic (exact) mass is 294 g/mol. The predicted octanol–water partition coefficient (Wildman–Crippen LogP) is 2.15. The lowest BCUT2D eigenvalue weighted by Gasteiger charge is -2.10. The highest BCUT2D eigenvalue weighted by atomic mass is 32.2. The van der Waals surface area contributed by atoms with Gasteiger partial charge in [0, 0.05) is 24.8 Å². The molecule has 1 aliphatic rings. The third kappa shape index (κ3) is 2.53. The van der Waals surface area contributed by atoms with Crippen LogP contribution < -0.4 is 4.74 Å². The van der Waals surface area contributed by atoms with Crippen molar-refractivity contribution in [2.24, 2.45) is 7.05 Å². The number of hydrogen-bond acceptors (Lipinski definition) is 4. The molecule has 1 aromatic carbocycles. The zero-order valence-corrected chi connectivity index (χ0v) is 11.9. The first-order chi connectivity index (χ1) is 9.67. The Kier molecular flexibility index (Phi) is 3.67. The topological polar surface area (TPSA) is 47.3 Å². The van der Waals surface area contributed by atoms with E-state index in [9.17, 15) is 4.39 Å². The fourth-order valence-electron chi connectivity index (χ4n) is 2.26. The predicted molar refractivity (Wildman–Crippen MR) is 74.4 cm³/mol. The summed E-state index contributed by atoms with van der Waals surface area (Å²) in [5.74, 6) is 1.29. The van der Waals surface area contributed by atoms with Crippen LogP contribution in [0.25, 0.3) is 0 Å². The fraction of sp³-hybridized carbons (Fsp3) is 0.357. The maximum atomic E-state index is 13.1. The van der Waals surface area contributed by atoms with Gasteiger partial charge in [0.15, 0.2) is 5.16 Å². The number of hydrogen-bond donors (Lipinski definition) is 1. The van der Waals surface area contributed by atoms with Crippen LogP contribution in [0, 0.1) is 5.82 Å². The number of aliphatic hydroxyl groups excluding tert-OH is 1. The first-order valence-corrected chi connectivity index (χ1v) is 7.35. The number of aromatic nitrogens is 2. The van der Waals surface area contributed by atoms with Gasteiger partial charge in [-0.15, -0.1) is 0 Å². The Morgan fingerprint density at radius 2 is 2.40 bits per heavy atom. The normalized spacial score (nSPS) is 17.1. The minimum absolute atomic E-state index is 0.0191. The van der Waals surface area contributed by atoms with Crippen LogP contribution in [0.4, 0.5) is 4.39 Å². The Balaban J connectivity index is 1.62. The Bertz CT molecular complexity index is 630. The molecule has 20 heavy (non-hydrogen) atoms. The maximum absolute atomic E-state index is 13.1. The summed E-state index contributed by atoms with van der Waals surface area (Å²) in [5, 5.41) is 9.97. The van der Waals surface area contributed by atoms with E-state index in [0.29, 0.717) is 0 Å². The SMILES string of the molecule is Cn1c(CO)cnc1SCC1Cc2cc(F)ccc2O1. The first-order valence-electron chi connectivity index (χ1n) is 6.36. The molecular weight excluding hydrogens is 279 g/mol. The van der Waals surface area contributed by atoms with Crippen molar-refractivity contribution in [1.82, 2.24) is 9.55 Å². The van der Waals surface area contributed by atoms with E-state index in [1.807, 2.05) is 11.6 Å². The van der Waals surface area contributed by atoms with Crippen molar-refractivity contribution in [3.8, 4) is 5.75 Å². The Hall–Kier alpha value is -1.53. The number of fused-ring (bicyclic) bond motifs is 1. The molecule has 1 aliphatic heterocycles. The summed E-state index contributed by atoms with van der Waals surface area (Å²) in [4.78, 5) is 4.26. The molecule has 2 heterocycles. The molecule has 2 aromatic rings. The number of benzene rings is 1. The average Bonchev–Trinajstić information content (AvgIpc) is 2.99. The van der Waals surface area contributed by atoms with Gasteiger partial charge in [0.1, 0.15) is 17.7 Å². The fourth-order valence-corrected chi connectivity index (χ4v) is 3.22. The van der Waals surface area contributed by atoms with Crippen LogP contribution >= 0.6 is 11.8 Å². The van der Waals surface area contributed by atoms with E-state index in [-0.39, 0.29) is 18.5 Å². The van der Waals surface area contributed by atoms with Gasteiger partial charge in [0.2, 0.25) is 0 Å². The van der Waals surface area contributed by atoms with Crippen molar-refractivity contribution in [2.45, 2.75) is 24.3 Å². The largest absolute Gasteiger partial charge is 0.489 e. The number of thioether (sulfide) groups is 1. The summed E-state index contributed by atoms with van der Waals surface area (Å²) < 4.78 is 20.8. The number of rotatable bonds is 4. The minimum atomic E-state index is -0.225. The van der Waals surface area contributed by atoms with Crippen LogP contribution in [-0.2, 0) is 20.1 Å². The molecule has 0 saturated heterocycles. The molecule has 0 bridgehead atoms. The lowest BCUT2D eigenvalue weighted by atomic mass is 10.1. The average molecular weight is 294 g/mol. The molecular formula is C14H15FN2O2S. The molecule has 1 atom stereocenters. The second-order valence-corrected chi connectivity index (χ2v) is 5.74. The quantitative estimate of drug-likeness (QED) is 0.878. The molecule has 106 valence electrons. The van der Waals surface area contributed by atoms with Crippen molar-refractivity contribution in [1.29, 1.82) is 0 Å². The van der Waals surface area contributed by atoms with E-state index >= 15 is 0 Å². The number of aliphatic hydroxyl groups is 1. The van der Waals surface area contributed by atoms with E-state index in [4.69, 9.17) is 9.84 Å². The summed E-state index contributed by atoms with van der Waals surface area (Å²) in [5.41, 5.74) is 1.71. The summed E-state index contributed by atoms with van der Waals surface area (Å²) in [6.07, 6.45) is 2.42. The van der Waals surface area contributed by atoms with Gasteiger partial charge in [-0.2, -0.15) is 0 Å². The molecule has 0 spiro atoms. The van der Waals surface area contributed by atoms with Gasteiger partial charge < -0.3 is 14.4 Å². The zero-order valence-electron chi connectivity index (χ0n) is 11.0. The summed E-state index contributed by atoms with van der Waals surface area (Å²) in [7, 11) is 1.88. The molecule has 4 nitrogen and oxygen atoms in total. The smallest absolute Gasteiger partial charge is 0.168 e. The van der Waals surface area contributed by atoms with E-state index in [0.717, 1.165) is 34.3 Å². The molecule has 3 rings (SSSR count). The lowest BCUT2D eigenvalue weighted by Crippen LogP contribution is -2.16. The maximum Gasteiger partial charge on any atom is 0.168 e. The van der Waals surface area contributed by atoms with Crippen LogP contribution in [0.5, 0.6) is 5.75 Å². The Morgan fingerprint density at radius 3 is 3.15 bits per heavy atom. The van der Waals surface area contributed by atoms with Crippen molar-refractivity contribution in [3.05, 3.63) is 41.5 Å². The van der Waals surface area contributed by atoms with Gasteiger partial charge in [-0.25, -0.2) is 9.37 Å². The van der Waals surface area contributed by atoms with Gasteiger partial charge >= 0.3 is 0 Å². The van der Waals surface area contributed by atoms with Crippen LogP contribution in [0.3, 0.4) is 0 Å². The molecule has 6 heteroatoms. The minimum Gasteiger partial charge on any atom is -0.489 e. The molecule has 0 saturated carbocycles. The van der Waals surface area contributed by atoms with Crippen molar-refractivity contribution < 1.29 is 14.2 Å². The van der Waals surface area contributed by atoms with Gasteiger partial charge in [-0.1, -0.05) is 11.8 Å². The highest BCUT2D eigenvalue weighted by Crippen LogP contribution is 2.31. The second-order valence-electron chi connectivity index (χ2n) is 4.76. The number of imidazole rings is 1. The lowest BCUT2D eigenvalue weighted by molar-refractivity contribution is 0.259. The Labute approximate surface area is 120 Å². The number of nitrogens with zero attached hydrogens (tertiary/aromatic N) is 2. The summed E-state index contributed by atoms with van der Waals surface area (Å²) in [6.45, 7) is -0.0191.